The van der Waals surface area contributed by atoms with Crippen molar-refractivity contribution in [2.45, 2.75) is 19.4 Å². The SMILES string of the molecule is Cc1ccc(CC(O)c2ccc(Br)c(F)c2)cc1. The summed E-state index contributed by atoms with van der Waals surface area (Å²) in [4.78, 5) is 0. The molecule has 0 bridgehead atoms. The lowest BCUT2D eigenvalue weighted by Gasteiger charge is -2.12. The average molecular weight is 309 g/mol. The zero-order chi connectivity index (χ0) is 13.1. The summed E-state index contributed by atoms with van der Waals surface area (Å²) in [5.74, 6) is -0.351. The molecule has 94 valence electrons. The molecule has 0 heterocycles. The third-order valence-corrected chi connectivity index (χ3v) is 3.52. The molecular formula is C15H14BrFO. The molecule has 2 aromatic rings. The number of aliphatic hydroxyl groups excluding tert-OH is 1. The van der Waals surface area contributed by atoms with Crippen LogP contribution in [0.4, 0.5) is 4.39 Å². The molecule has 18 heavy (non-hydrogen) atoms. The summed E-state index contributed by atoms with van der Waals surface area (Å²) >= 11 is 3.10. The van der Waals surface area contributed by atoms with Gasteiger partial charge in [-0.15, -0.1) is 0 Å². The van der Waals surface area contributed by atoms with Gasteiger partial charge in [0.1, 0.15) is 5.82 Å². The molecule has 2 aromatic carbocycles. The van der Waals surface area contributed by atoms with E-state index in [1.54, 1.807) is 12.1 Å². The number of benzene rings is 2. The summed E-state index contributed by atoms with van der Waals surface area (Å²) < 4.78 is 13.8. The zero-order valence-corrected chi connectivity index (χ0v) is 11.6. The fraction of sp³-hybridized carbons (Fsp3) is 0.200. The van der Waals surface area contributed by atoms with Gasteiger partial charge < -0.3 is 5.11 Å². The van der Waals surface area contributed by atoms with E-state index in [4.69, 9.17) is 0 Å². The maximum Gasteiger partial charge on any atom is 0.137 e. The number of halogens is 2. The summed E-state index contributed by atoms with van der Waals surface area (Å²) in [6.45, 7) is 2.02. The number of aryl methyl sites for hydroxylation is 1. The van der Waals surface area contributed by atoms with Crippen LogP contribution < -0.4 is 0 Å². The summed E-state index contributed by atoms with van der Waals surface area (Å²) in [7, 11) is 0. The minimum absolute atomic E-state index is 0.351. The lowest BCUT2D eigenvalue weighted by Crippen LogP contribution is -2.02. The van der Waals surface area contributed by atoms with Crippen molar-refractivity contribution < 1.29 is 9.50 Å². The second-order valence-electron chi connectivity index (χ2n) is 4.38. The monoisotopic (exact) mass is 308 g/mol. The van der Waals surface area contributed by atoms with Gasteiger partial charge in [-0.05, 0) is 46.1 Å². The minimum atomic E-state index is -0.685. The van der Waals surface area contributed by atoms with E-state index in [9.17, 15) is 9.50 Å². The van der Waals surface area contributed by atoms with Gasteiger partial charge in [0.15, 0.2) is 0 Å². The third-order valence-electron chi connectivity index (χ3n) is 2.88. The van der Waals surface area contributed by atoms with Crippen LogP contribution in [0.3, 0.4) is 0 Å². The normalized spacial score (nSPS) is 12.4. The van der Waals surface area contributed by atoms with Gasteiger partial charge in [-0.3, -0.25) is 0 Å². The van der Waals surface area contributed by atoms with Gasteiger partial charge in [0.05, 0.1) is 10.6 Å². The largest absolute Gasteiger partial charge is 0.388 e. The van der Waals surface area contributed by atoms with Crippen LogP contribution in [0.25, 0.3) is 0 Å². The van der Waals surface area contributed by atoms with Crippen molar-refractivity contribution in [1.29, 1.82) is 0 Å². The Morgan fingerprint density at radius 3 is 2.44 bits per heavy atom. The Balaban J connectivity index is 2.13. The van der Waals surface area contributed by atoms with Crippen LogP contribution in [0.15, 0.2) is 46.9 Å². The zero-order valence-electron chi connectivity index (χ0n) is 10.0. The van der Waals surface area contributed by atoms with Gasteiger partial charge in [0.25, 0.3) is 0 Å². The van der Waals surface area contributed by atoms with E-state index in [0.29, 0.717) is 16.5 Å². The molecular weight excluding hydrogens is 295 g/mol. The Labute approximate surface area is 114 Å². The van der Waals surface area contributed by atoms with E-state index in [0.717, 1.165) is 5.56 Å². The molecule has 0 aromatic heterocycles. The van der Waals surface area contributed by atoms with Crippen molar-refractivity contribution in [1.82, 2.24) is 0 Å². The van der Waals surface area contributed by atoms with Crippen LogP contribution in [0, 0.1) is 12.7 Å². The summed E-state index contributed by atoms with van der Waals surface area (Å²) in [6, 6.07) is 12.7. The lowest BCUT2D eigenvalue weighted by molar-refractivity contribution is 0.178. The van der Waals surface area contributed by atoms with Crippen LogP contribution in [0.5, 0.6) is 0 Å². The van der Waals surface area contributed by atoms with Gasteiger partial charge in [-0.2, -0.15) is 0 Å². The molecule has 1 N–H and O–H groups in total. The van der Waals surface area contributed by atoms with Crippen molar-refractivity contribution >= 4 is 15.9 Å². The summed E-state index contributed by atoms with van der Waals surface area (Å²) in [5.41, 5.74) is 2.82. The fourth-order valence-corrected chi connectivity index (χ4v) is 2.03. The smallest absolute Gasteiger partial charge is 0.137 e. The maximum absolute atomic E-state index is 13.4. The molecule has 0 amide bonds. The van der Waals surface area contributed by atoms with E-state index in [1.807, 2.05) is 31.2 Å². The van der Waals surface area contributed by atoms with E-state index in [1.165, 1.54) is 11.6 Å². The highest BCUT2D eigenvalue weighted by molar-refractivity contribution is 9.10. The predicted molar refractivity (Wildman–Crippen MR) is 73.9 cm³/mol. The van der Waals surface area contributed by atoms with Gasteiger partial charge in [-0.1, -0.05) is 35.9 Å². The molecule has 1 unspecified atom stereocenters. The van der Waals surface area contributed by atoms with E-state index < -0.39 is 6.10 Å². The van der Waals surface area contributed by atoms with Crippen LogP contribution in [0.1, 0.15) is 22.8 Å². The highest BCUT2D eigenvalue weighted by atomic mass is 79.9. The highest BCUT2D eigenvalue weighted by Crippen LogP contribution is 2.23. The van der Waals surface area contributed by atoms with E-state index in [-0.39, 0.29) is 5.82 Å². The first kappa shape index (κ1) is 13.2. The minimum Gasteiger partial charge on any atom is -0.388 e. The topological polar surface area (TPSA) is 20.2 Å². The second-order valence-corrected chi connectivity index (χ2v) is 5.23. The van der Waals surface area contributed by atoms with Crippen LogP contribution in [-0.2, 0) is 6.42 Å². The van der Waals surface area contributed by atoms with Crippen molar-refractivity contribution in [3.05, 3.63) is 69.4 Å². The van der Waals surface area contributed by atoms with Gasteiger partial charge in [0, 0.05) is 6.42 Å². The van der Waals surface area contributed by atoms with Crippen LogP contribution >= 0.6 is 15.9 Å². The van der Waals surface area contributed by atoms with Crippen molar-refractivity contribution in [3.63, 3.8) is 0 Å². The average Bonchev–Trinajstić information content (AvgIpc) is 2.35. The lowest BCUT2D eigenvalue weighted by atomic mass is 10.0. The number of aliphatic hydroxyl groups is 1. The first-order valence-corrected chi connectivity index (χ1v) is 6.54. The second kappa shape index (κ2) is 5.63. The van der Waals surface area contributed by atoms with Crippen LogP contribution in [-0.4, -0.2) is 5.11 Å². The van der Waals surface area contributed by atoms with Gasteiger partial charge in [0.2, 0.25) is 0 Å². The number of hydrogen-bond donors (Lipinski definition) is 1. The van der Waals surface area contributed by atoms with Crippen molar-refractivity contribution in [2.75, 3.05) is 0 Å². The molecule has 0 aliphatic carbocycles. The molecule has 0 fully saturated rings. The number of hydrogen-bond acceptors (Lipinski definition) is 1. The molecule has 1 atom stereocenters. The molecule has 0 radical (unpaired) electrons. The Kier molecular flexibility index (Phi) is 4.15. The van der Waals surface area contributed by atoms with Crippen molar-refractivity contribution in [2.24, 2.45) is 0 Å². The first-order valence-electron chi connectivity index (χ1n) is 5.75. The Morgan fingerprint density at radius 2 is 1.83 bits per heavy atom. The molecule has 3 heteroatoms. The molecule has 0 aliphatic heterocycles. The molecule has 0 saturated heterocycles. The maximum atomic E-state index is 13.4. The molecule has 0 saturated carbocycles. The Bertz CT molecular complexity index is 537. The fourth-order valence-electron chi connectivity index (χ4n) is 1.78. The van der Waals surface area contributed by atoms with Crippen molar-refractivity contribution in [3.8, 4) is 0 Å². The Hall–Kier alpha value is -1.19. The quantitative estimate of drug-likeness (QED) is 0.902. The predicted octanol–water partition coefficient (Wildman–Crippen LogP) is 4.17. The molecule has 2 rings (SSSR count). The molecule has 0 spiro atoms. The summed E-state index contributed by atoms with van der Waals surface area (Å²) in [6.07, 6.45) is -0.197. The van der Waals surface area contributed by atoms with Crippen LogP contribution in [0.2, 0.25) is 0 Å². The van der Waals surface area contributed by atoms with E-state index >= 15 is 0 Å². The van der Waals surface area contributed by atoms with Gasteiger partial charge in [-0.25, -0.2) is 4.39 Å². The van der Waals surface area contributed by atoms with Gasteiger partial charge >= 0.3 is 0 Å². The molecule has 1 nitrogen and oxygen atoms in total. The van der Waals surface area contributed by atoms with E-state index in [2.05, 4.69) is 15.9 Å². The third kappa shape index (κ3) is 3.18. The number of rotatable bonds is 3. The first-order chi connectivity index (χ1) is 8.56. The molecule has 0 aliphatic rings. The highest BCUT2D eigenvalue weighted by Gasteiger charge is 2.10. The standard InChI is InChI=1S/C15H14BrFO/c1-10-2-4-11(5-3-10)8-15(18)12-6-7-13(16)14(17)9-12/h2-7,9,15,18H,8H2,1H3. The Morgan fingerprint density at radius 1 is 1.17 bits per heavy atom. The summed E-state index contributed by atoms with van der Waals surface area (Å²) in [5, 5.41) is 10.1.